The highest BCUT2D eigenvalue weighted by Crippen LogP contribution is 2.21. The monoisotopic (exact) mass is 351 g/mol. The lowest BCUT2D eigenvalue weighted by atomic mass is 9.91. The zero-order valence-electron chi connectivity index (χ0n) is 14.2. The first kappa shape index (κ1) is 17.3. The molecule has 25 heavy (non-hydrogen) atoms. The van der Waals surface area contributed by atoms with Crippen molar-refractivity contribution in [1.29, 1.82) is 0 Å². The van der Waals surface area contributed by atoms with Crippen molar-refractivity contribution in [3.8, 4) is 0 Å². The van der Waals surface area contributed by atoms with Gasteiger partial charge in [-0.15, -0.1) is 11.3 Å². The van der Waals surface area contributed by atoms with Gasteiger partial charge in [0.05, 0.1) is 16.6 Å². The van der Waals surface area contributed by atoms with Crippen molar-refractivity contribution in [3.63, 3.8) is 0 Å². The molecule has 0 saturated carbocycles. The van der Waals surface area contributed by atoms with E-state index in [1.165, 1.54) is 0 Å². The Balaban J connectivity index is 1.66. The smallest absolute Gasteiger partial charge is 0.227 e. The molecule has 0 aliphatic carbocycles. The third-order valence-electron chi connectivity index (χ3n) is 4.05. The highest BCUT2D eigenvalue weighted by Gasteiger charge is 2.20. The average Bonchev–Trinajstić information content (AvgIpc) is 3.06. The fourth-order valence-electron chi connectivity index (χ4n) is 2.76. The van der Waals surface area contributed by atoms with Gasteiger partial charge in [-0.1, -0.05) is 30.3 Å². The van der Waals surface area contributed by atoms with E-state index in [-0.39, 0.29) is 11.8 Å². The molecular formula is C20H21N3OS. The zero-order chi connectivity index (χ0) is 17.5. The normalized spacial score (nSPS) is 11.9. The van der Waals surface area contributed by atoms with Gasteiger partial charge in [-0.25, -0.2) is 4.98 Å². The standard InChI is InChI=1S/C20H21N3OS/c1-15-23-18(14-25-15)9-12-22-20(24)19(17-5-3-2-4-6-17)13-16-7-10-21-11-8-16/h2-8,10-11,14,19H,9,12-13H2,1H3,(H,22,24). The quantitative estimate of drug-likeness (QED) is 0.708. The van der Waals surface area contributed by atoms with E-state index < -0.39 is 0 Å². The Hall–Kier alpha value is -2.53. The second-order valence-corrected chi connectivity index (χ2v) is 6.98. The minimum Gasteiger partial charge on any atom is -0.355 e. The van der Waals surface area contributed by atoms with Crippen molar-refractivity contribution in [3.05, 3.63) is 82.1 Å². The van der Waals surface area contributed by atoms with Crippen LogP contribution in [0.25, 0.3) is 0 Å². The van der Waals surface area contributed by atoms with Crippen LogP contribution in [-0.4, -0.2) is 22.4 Å². The number of aryl methyl sites for hydroxylation is 1. The molecule has 4 nitrogen and oxygen atoms in total. The Morgan fingerprint density at radius 1 is 1.16 bits per heavy atom. The molecule has 5 heteroatoms. The lowest BCUT2D eigenvalue weighted by molar-refractivity contribution is -0.122. The number of nitrogens with zero attached hydrogens (tertiary/aromatic N) is 2. The van der Waals surface area contributed by atoms with E-state index in [9.17, 15) is 4.79 Å². The van der Waals surface area contributed by atoms with Crippen molar-refractivity contribution in [2.45, 2.75) is 25.7 Å². The summed E-state index contributed by atoms with van der Waals surface area (Å²) in [5, 5.41) is 6.17. The molecule has 2 heterocycles. The van der Waals surface area contributed by atoms with Gasteiger partial charge in [-0.3, -0.25) is 9.78 Å². The van der Waals surface area contributed by atoms with E-state index in [0.717, 1.165) is 28.2 Å². The highest BCUT2D eigenvalue weighted by molar-refractivity contribution is 7.09. The van der Waals surface area contributed by atoms with Gasteiger partial charge in [0.15, 0.2) is 0 Å². The van der Waals surface area contributed by atoms with Crippen LogP contribution in [0.1, 0.15) is 27.7 Å². The van der Waals surface area contributed by atoms with E-state index in [1.807, 2.05) is 54.8 Å². The molecule has 1 amide bonds. The summed E-state index contributed by atoms with van der Waals surface area (Å²) in [6, 6.07) is 13.9. The number of carbonyl (C=O) groups excluding carboxylic acids is 1. The molecular weight excluding hydrogens is 330 g/mol. The largest absolute Gasteiger partial charge is 0.355 e. The van der Waals surface area contributed by atoms with Crippen LogP contribution in [0.4, 0.5) is 0 Å². The summed E-state index contributed by atoms with van der Waals surface area (Å²) in [5.74, 6) is -0.157. The first-order valence-corrected chi connectivity index (χ1v) is 9.23. The number of hydrogen-bond donors (Lipinski definition) is 1. The molecule has 3 rings (SSSR count). The summed E-state index contributed by atoms with van der Waals surface area (Å²) in [6.07, 6.45) is 4.95. The number of aromatic nitrogens is 2. The number of pyridine rings is 1. The van der Waals surface area contributed by atoms with Crippen molar-refractivity contribution in [2.24, 2.45) is 0 Å². The van der Waals surface area contributed by atoms with Crippen LogP contribution >= 0.6 is 11.3 Å². The van der Waals surface area contributed by atoms with Crippen molar-refractivity contribution < 1.29 is 4.79 Å². The summed E-state index contributed by atoms with van der Waals surface area (Å²) < 4.78 is 0. The third kappa shape index (κ3) is 4.97. The molecule has 0 spiro atoms. The molecule has 1 N–H and O–H groups in total. The predicted octanol–water partition coefficient (Wildman–Crippen LogP) is 3.53. The molecule has 0 radical (unpaired) electrons. The maximum atomic E-state index is 12.8. The highest BCUT2D eigenvalue weighted by atomic mass is 32.1. The first-order valence-electron chi connectivity index (χ1n) is 8.35. The lowest BCUT2D eigenvalue weighted by Gasteiger charge is -2.17. The summed E-state index contributed by atoms with van der Waals surface area (Å²) in [7, 11) is 0. The van der Waals surface area contributed by atoms with E-state index in [4.69, 9.17) is 0 Å². The van der Waals surface area contributed by atoms with E-state index in [2.05, 4.69) is 15.3 Å². The van der Waals surface area contributed by atoms with Crippen LogP contribution in [0.15, 0.2) is 60.2 Å². The number of benzene rings is 1. The lowest BCUT2D eigenvalue weighted by Crippen LogP contribution is -2.32. The van der Waals surface area contributed by atoms with E-state index in [1.54, 1.807) is 23.7 Å². The molecule has 128 valence electrons. The third-order valence-corrected chi connectivity index (χ3v) is 4.88. The SMILES string of the molecule is Cc1nc(CCNC(=O)C(Cc2ccncc2)c2ccccc2)cs1. The molecule has 3 aromatic rings. The van der Waals surface area contributed by atoms with E-state index in [0.29, 0.717) is 13.0 Å². The Morgan fingerprint density at radius 3 is 2.60 bits per heavy atom. The van der Waals surface area contributed by atoms with Gasteiger partial charge in [0.2, 0.25) is 5.91 Å². The zero-order valence-corrected chi connectivity index (χ0v) is 15.0. The van der Waals surface area contributed by atoms with Gasteiger partial charge in [-0.05, 0) is 36.6 Å². The van der Waals surface area contributed by atoms with Crippen LogP contribution in [0.5, 0.6) is 0 Å². The first-order chi connectivity index (χ1) is 12.2. The Morgan fingerprint density at radius 2 is 1.92 bits per heavy atom. The molecule has 0 aliphatic heterocycles. The maximum absolute atomic E-state index is 12.8. The Bertz CT molecular complexity index is 802. The molecule has 1 unspecified atom stereocenters. The van der Waals surface area contributed by atoms with Gasteiger partial charge in [0.1, 0.15) is 0 Å². The minimum atomic E-state index is -0.208. The number of nitrogens with one attached hydrogen (secondary N) is 1. The number of carbonyl (C=O) groups is 1. The molecule has 0 saturated heterocycles. The summed E-state index contributed by atoms with van der Waals surface area (Å²) in [5.41, 5.74) is 3.17. The van der Waals surface area contributed by atoms with Crippen LogP contribution in [0.3, 0.4) is 0 Å². The summed E-state index contributed by atoms with van der Waals surface area (Å²) in [4.78, 5) is 21.3. The van der Waals surface area contributed by atoms with Gasteiger partial charge in [0.25, 0.3) is 0 Å². The molecule has 0 bridgehead atoms. The Kier molecular flexibility index (Phi) is 5.90. The summed E-state index contributed by atoms with van der Waals surface area (Å²) >= 11 is 1.64. The van der Waals surface area contributed by atoms with Gasteiger partial charge in [-0.2, -0.15) is 0 Å². The average molecular weight is 351 g/mol. The number of amides is 1. The summed E-state index contributed by atoms with van der Waals surface area (Å²) in [6.45, 7) is 2.59. The molecule has 1 atom stereocenters. The van der Waals surface area contributed by atoms with Crippen LogP contribution in [0.2, 0.25) is 0 Å². The second kappa shape index (κ2) is 8.53. The van der Waals surface area contributed by atoms with Crippen molar-refractivity contribution in [1.82, 2.24) is 15.3 Å². The number of rotatable bonds is 7. The molecule has 1 aromatic carbocycles. The number of hydrogen-bond acceptors (Lipinski definition) is 4. The number of thiazole rings is 1. The predicted molar refractivity (Wildman–Crippen MR) is 101 cm³/mol. The van der Waals surface area contributed by atoms with Crippen LogP contribution in [0, 0.1) is 6.92 Å². The van der Waals surface area contributed by atoms with Crippen LogP contribution < -0.4 is 5.32 Å². The molecule has 0 fully saturated rings. The maximum Gasteiger partial charge on any atom is 0.227 e. The van der Waals surface area contributed by atoms with Crippen molar-refractivity contribution >= 4 is 17.2 Å². The molecule has 2 aromatic heterocycles. The molecule has 0 aliphatic rings. The Labute approximate surface area is 152 Å². The van der Waals surface area contributed by atoms with E-state index >= 15 is 0 Å². The van der Waals surface area contributed by atoms with Crippen LogP contribution in [-0.2, 0) is 17.6 Å². The fourth-order valence-corrected chi connectivity index (χ4v) is 3.41. The van der Waals surface area contributed by atoms with Crippen molar-refractivity contribution in [2.75, 3.05) is 6.54 Å². The van der Waals surface area contributed by atoms with Gasteiger partial charge >= 0.3 is 0 Å². The van der Waals surface area contributed by atoms with Gasteiger partial charge < -0.3 is 5.32 Å². The minimum absolute atomic E-state index is 0.0509. The topological polar surface area (TPSA) is 54.9 Å². The second-order valence-electron chi connectivity index (χ2n) is 5.92. The van der Waals surface area contributed by atoms with Gasteiger partial charge in [0, 0.05) is 30.7 Å². The fraction of sp³-hybridized carbons (Fsp3) is 0.250.